The summed E-state index contributed by atoms with van der Waals surface area (Å²) in [5.74, 6) is 0.461. The molecular formula is C16H15N3O2. The first-order valence-corrected chi connectivity index (χ1v) is 6.46. The fourth-order valence-electron chi connectivity index (χ4n) is 1.73. The molecule has 0 aliphatic carbocycles. The summed E-state index contributed by atoms with van der Waals surface area (Å²) in [4.78, 5) is 11.8. The second-order valence-corrected chi connectivity index (χ2v) is 4.37. The summed E-state index contributed by atoms with van der Waals surface area (Å²) in [7, 11) is 0. The number of nitrogens with zero attached hydrogens (tertiary/aromatic N) is 1. The molecule has 5 nitrogen and oxygen atoms in total. The average Bonchev–Trinajstić information content (AvgIpc) is 2.50. The van der Waals surface area contributed by atoms with Crippen molar-refractivity contribution < 1.29 is 9.53 Å². The van der Waals surface area contributed by atoms with Gasteiger partial charge in [0.2, 0.25) is 5.91 Å². The number of hydrogen-bond acceptors (Lipinski definition) is 4. The van der Waals surface area contributed by atoms with Crippen molar-refractivity contribution in [3.63, 3.8) is 0 Å². The topological polar surface area (TPSA) is 88.1 Å². The zero-order valence-electron chi connectivity index (χ0n) is 11.4. The normalized spacial score (nSPS) is 9.67. The molecule has 21 heavy (non-hydrogen) atoms. The maximum atomic E-state index is 11.8. The van der Waals surface area contributed by atoms with E-state index in [9.17, 15) is 4.79 Å². The molecule has 106 valence electrons. The monoisotopic (exact) mass is 281 g/mol. The van der Waals surface area contributed by atoms with Crippen LogP contribution in [-0.4, -0.2) is 12.5 Å². The van der Waals surface area contributed by atoms with Gasteiger partial charge in [-0.1, -0.05) is 12.1 Å². The predicted molar refractivity (Wildman–Crippen MR) is 80.8 cm³/mol. The molecule has 0 aliphatic heterocycles. The van der Waals surface area contributed by atoms with E-state index in [1.54, 1.807) is 48.5 Å². The Morgan fingerprint density at radius 3 is 2.62 bits per heavy atom. The molecule has 0 aliphatic rings. The van der Waals surface area contributed by atoms with Crippen LogP contribution in [0.4, 0.5) is 11.4 Å². The third-order valence-corrected chi connectivity index (χ3v) is 2.80. The Hall–Kier alpha value is -3.00. The maximum absolute atomic E-state index is 11.8. The highest BCUT2D eigenvalue weighted by molar-refractivity contribution is 5.92. The molecule has 0 unspecified atom stereocenters. The van der Waals surface area contributed by atoms with Gasteiger partial charge < -0.3 is 15.8 Å². The van der Waals surface area contributed by atoms with Crippen LogP contribution >= 0.6 is 0 Å². The minimum atomic E-state index is -0.201. The van der Waals surface area contributed by atoms with Gasteiger partial charge in [0.1, 0.15) is 11.8 Å². The highest BCUT2D eigenvalue weighted by atomic mass is 16.5. The minimum Gasteiger partial charge on any atom is -0.493 e. The standard InChI is InChI=1S/C16H15N3O2/c17-11-12-3-1-2-4-15(12)19-16(20)9-10-21-14-7-5-13(18)6-8-14/h1-8H,9-10,18H2,(H,19,20). The van der Waals surface area contributed by atoms with Gasteiger partial charge in [0.25, 0.3) is 0 Å². The smallest absolute Gasteiger partial charge is 0.227 e. The Morgan fingerprint density at radius 1 is 1.19 bits per heavy atom. The Balaban J connectivity index is 1.82. The van der Waals surface area contributed by atoms with E-state index >= 15 is 0 Å². The zero-order chi connectivity index (χ0) is 15.1. The van der Waals surface area contributed by atoms with Gasteiger partial charge in [-0.15, -0.1) is 0 Å². The third-order valence-electron chi connectivity index (χ3n) is 2.80. The second kappa shape index (κ2) is 6.96. The zero-order valence-corrected chi connectivity index (χ0v) is 11.4. The van der Waals surface area contributed by atoms with Gasteiger partial charge in [0.15, 0.2) is 0 Å². The fraction of sp³-hybridized carbons (Fsp3) is 0.125. The van der Waals surface area contributed by atoms with Crippen molar-refractivity contribution >= 4 is 17.3 Å². The van der Waals surface area contributed by atoms with E-state index in [0.717, 1.165) is 0 Å². The van der Waals surface area contributed by atoms with Gasteiger partial charge in [0.05, 0.1) is 24.3 Å². The quantitative estimate of drug-likeness (QED) is 0.824. The van der Waals surface area contributed by atoms with Crippen LogP contribution in [0.1, 0.15) is 12.0 Å². The number of nitrogens with two attached hydrogens (primary N) is 1. The summed E-state index contributed by atoms with van der Waals surface area (Å²) in [6, 6.07) is 15.9. The lowest BCUT2D eigenvalue weighted by Gasteiger charge is -2.08. The molecule has 2 aromatic rings. The van der Waals surface area contributed by atoms with Gasteiger partial charge in [-0.05, 0) is 36.4 Å². The summed E-state index contributed by atoms with van der Waals surface area (Å²) in [6.45, 7) is 0.254. The van der Waals surface area contributed by atoms with Gasteiger partial charge in [-0.25, -0.2) is 0 Å². The Kier molecular flexibility index (Phi) is 4.78. The number of nitriles is 1. The number of nitrogen functional groups attached to an aromatic ring is 1. The van der Waals surface area contributed by atoms with Crippen LogP contribution in [0.15, 0.2) is 48.5 Å². The first-order chi connectivity index (χ1) is 10.2. The van der Waals surface area contributed by atoms with E-state index in [4.69, 9.17) is 15.7 Å². The number of rotatable bonds is 5. The summed E-state index contributed by atoms with van der Waals surface area (Å²) < 4.78 is 5.44. The molecule has 5 heteroatoms. The molecule has 0 fully saturated rings. The Labute approximate surface area is 123 Å². The van der Waals surface area contributed by atoms with E-state index < -0.39 is 0 Å². The molecule has 0 aromatic heterocycles. The highest BCUT2D eigenvalue weighted by Crippen LogP contribution is 2.15. The molecule has 0 bridgehead atoms. The highest BCUT2D eigenvalue weighted by Gasteiger charge is 2.06. The first-order valence-electron chi connectivity index (χ1n) is 6.46. The fourth-order valence-corrected chi connectivity index (χ4v) is 1.73. The molecule has 0 saturated carbocycles. The van der Waals surface area contributed by atoms with Crippen LogP contribution < -0.4 is 15.8 Å². The van der Waals surface area contributed by atoms with Crippen molar-refractivity contribution in [2.24, 2.45) is 0 Å². The number of hydrogen-bond donors (Lipinski definition) is 2. The van der Waals surface area contributed by atoms with Crippen molar-refractivity contribution in [1.29, 1.82) is 5.26 Å². The van der Waals surface area contributed by atoms with Gasteiger partial charge in [0, 0.05) is 5.69 Å². The molecule has 1 amide bonds. The third kappa shape index (κ3) is 4.25. The molecule has 3 N–H and O–H groups in total. The molecule has 0 spiro atoms. The van der Waals surface area contributed by atoms with Crippen molar-refractivity contribution in [2.45, 2.75) is 6.42 Å². The van der Waals surface area contributed by atoms with Crippen LogP contribution in [-0.2, 0) is 4.79 Å². The van der Waals surface area contributed by atoms with E-state index in [1.807, 2.05) is 6.07 Å². The molecular weight excluding hydrogens is 266 g/mol. The maximum Gasteiger partial charge on any atom is 0.227 e. The van der Waals surface area contributed by atoms with Crippen LogP contribution in [0.5, 0.6) is 5.75 Å². The molecule has 0 saturated heterocycles. The van der Waals surface area contributed by atoms with Crippen LogP contribution in [0.2, 0.25) is 0 Å². The second-order valence-electron chi connectivity index (χ2n) is 4.37. The van der Waals surface area contributed by atoms with Gasteiger partial charge in [-0.3, -0.25) is 4.79 Å². The minimum absolute atomic E-state index is 0.199. The summed E-state index contributed by atoms with van der Waals surface area (Å²) >= 11 is 0. The van der Waals surface area contributed by atoms with E-state index in [1.165, 1.54) is 0 Å². The number of anilines is 2. The number of para-hydroxylation sites is 1. The molecule has 0 atom stereocenters. The van der Waals surface area contributed by atoms with E-state index in [2.05, 4.69) is 5.32 Å². The molecule has 0 radical (unpaired) electrons. The Bertz CT molecular complexity index is 660. The molecule has 2 rings (SSSR count). The summed E-state index contributed by atoms with van der Waals surface area (Å²) in [6.07, 6.45) is 0.199. The largest absolute Gasteiger partial charge is 0.493 e. The van der Waals surface area contributed by atoms with Crippen LogP contribution in [0.3, 0.4) is 0 Å². The van der Waals surface area contributed by atoms with Gasteiger partial charge in [-0.2, -0.15) is 5.26 Å². The van der Waals surface area contributed by atoms with Crippen molar-refractivity contribution in [2.75, 3.05) is 17.7 Å². The Morgan fingerprint density at radius 2 is 1.90 bits per heavy atom. The number of amides is 1. The number of ether oxygens (including phenoxy) is 1. The van der Waals surface area contributed by atoms with Crippen molar-refractivity contribution in [3.8, 4) is 11.8 Å². The predicted octanol–water partition coefficient (Wildman–Crippen LogP) is 2.55. The number of carbonyl (C=O) groups excluding carboxylic acids is 1. The molecule has 0 heterocycles. The summed E-state index contributed by atoms with van der Waals surface area (Å²) in [5.41, 5.74) is 7.18. The number of benzene rings is 2. The van der Waals surface area contributed by atoms with E-state index in [0.29, 0.717) is 22.7 Å². The average molecular weight is 281 g/mol. The van der Waals surface area contributed by atoms with E-state index in [-0.39, 0.29) is 18.9 Å². The lowest BCUT2D eigenvalue weighted by Crippen LogP contribution is -2.15. The number of carbonyl (C=O) groups is 1. The SMILES string of the molecule is N#Cc1ccccc1NC(=O)CCOc1ccc(N)cc1. The first kappa shape index (κ1) is 14.4. The lowest BCUT2D eigenvalue weighted by molar-refractivity contribution is -0.116. The summed E-state index contributed by atoms with van der Waals surface area (Å²) in [5, 5.41) is 11.6. The van der Waals surface area contributed by atoms with Crippen molar-refractivity contribution in [1.82, 2.24) is 0 Å². The van der Waals surface area contributed by atoms with Crippen molar-refractivity contribution in [3.05, 3.63) is 54.1 Å². The molecule has 2 aromatic carbocycles. The van der Waals surface area contributed by atoms with Gasteiger partial charge >= 0.3 is 0 Å². The van der Waals surface area contributed by atoms with Crippen LogP contribution in [0.25, 0.3) is 0 Å². The van der Waals surface area contributed by atoms with Crippen LogP contribution in [0, 0.1) is 11.3 Å². The number of nitrogens with one attached hydrogen (secondary N) is 1. The lowest BCUT2D eigenvalue weighted by atomic mass is 10.2.